The van der Waals surface area contributed by atoms with Crippen molar-refractivity contribution in [2.24, 2.45) is 7.05 Å². The lowest BCUT2D eigenvalue weighted by Gasteiger charge is -2.42. The second-order valence-electron chi connectivity index (χ2n) is 7.25. The summed E-state index contributed by atoms with van der Waals surface area (Å²) in [7, 11) is 1.72. The van der Waals surface area contributed by atoms with Crippen molar-refractivity contribution in [2.75, 3.05) is 18.5 Å². The largest absolute Gasteiger partial charge is 0.394 e. The first-order valence-corrected chi connectivity index (χ1v) is 9.27. The van der Waals surface area contributed by atoms with Gasteiger partial charge in [0.15, 0.2) is 0 Å². The van der Waals surface area contributed by atoms with E-state index in [1.54, 1.807) is 30.1 Å². The molecule has 0 unspecified atom stereocenters. The molecule has 1 aliphatic heterocycles. The molecule has 28 heavy (non-hydrogen) atoms. The number of carbonyl (C=O) groups is 2. The molecule has 0 aliphatic carbocycles. The van der Waals surface area contributed by atoms with Crippen LogP contribution in [-0.4, -0.2) is 56.9 Å². The summed E-state index contributed by atoms with van der Waals surface area (Å²) in [6.07, 6.45) is -0.422. The molecule has 2 atom stereocenters. The van der Waals surface area contributed by atoms with Crippen LogP contribution >= 0.6 is 0 Å². The fraction of sp³-hybridized carbons (Fsp3) is 0.450. The Kier molecular flexibility index (Phi) is 5.81. The predicted octanol–water partition coefficient (Wildman–Crippen LogP) is 1.65. The van der Waals surface area contributed by atoms with Gasteiger partial charge in [-0.3, -0.25) is 14.3 Å². The smallest absolute Gasteiger partial charge is 0.273 e. The Hall–Kier alpha value is -2.71. The lowest BCUT2D eigenvalue weighted by molar-refractivity contribution is -0.164. The summed E-state index contributed by atoms with van der Waals surface area (Å²) in [5.41, 5.74) is 2.73. The lowest BCUT2D eigenvalue weighted by atomic mass is 9.98. The summed E-state index contributed by atoms with van der Waals surface area (Å²) in [5, 5.41) is 16.9. The number of anilines is 1. The number of nitrogens with one attached hydrogen (secondary N) is 1. The van der Waals surface area contributed by atoms with Gasteiger partial charge >= 0.3 is 0 Å². The van der Waals surface area contributed by atoms with E-state index in [0.717, 1.165) is 11.3 Å². The predicted molar refractivity (Wildman–Crippen MR) is 104 cm³/mol. The topological polar surface area (TPSA) is 96.7 Å². The third kappa shape index (κ3) is 3.93. The highest BCUT2D eigenvalue weighted by atomic mass is 16.5. The Morgan fingerprint density at radius 3 is 2.57 bits per heavy atom. The second-order valence-corrected chi connectivity index (χ2v) is 7.25. The zero-order chi connectivity index (χ0) is 20.4. The highest BCUT2D eigenvalue weighted by molar-refractivity contribution is 6.03. The molecule has 0 saturated carbocycles. The van der Waals surface area contributed by atoms with E-state index in [-0.39, 0.29) is 31.1 Å². The van der Waals surface area contributed by atoms with Gasteiger partial charge in [-0.2, -0.15) is 5.10 Å². The molecule has 2 aromatic rings. The maximum absolute atomic E-state index is 12.4. The molecule has 1 aromatic carbocycles. The van der Waals surface area contributed by atoms with Crippen molar-refractivity contribution < 1.29 is 19.4 Å². The Morgan fingerprint density at radius 2 is 2.04 bits per heavy atom. The number of aryl methyl sites for hydroxylation is 2. The Morgan fingerprint density at radius 1 is 1.36 bits per heavy atom. The van der Waals surface area contributed by atoms with Gasteiger partial charge in [-0.05, 0) is 44.5 Å². The fourth-order valence-electron chi connectivity index (χ4n) is 3.62. The molecule has 3 rings (SSSR count). The summed E-state index contributed by atoms with van der Waals surface area (Å²) < 4.78 is 7.26. The minimum atomic E-state index is -0.445. The van der Waals surface area contributed by atoms with E-state index < -0.39 is 12.1 Å². The second kappa shape index (κ2) is 8.12. The summed E-state index contributed by atoms with van der Waals surface area (Å²) in [6.45, 7) is 5.46. The third-order valence-electron chi connectivity index (χ3n) is 4.86. The van der Waals surface area contributed by atoms with Crippen LogP contribution in [0.2, 0.25) is 0 Å². The molecule has 1 aromatic heterocycles. The van der Waals surface area contributed by atoms with E-state index >= 15 is 0 Å². The van der Waals surface area contributed by atoms with Crippen LogP contribution in [0.1, 0.15) is 41.7 Å². The average molecular weight is 386 g/mol. The molecule has 1 aliphatic rings. The van der Waals surface area contributed by atoms with Crippen molar-refractivity contribution in [1.29, 1.82) is 0 Å². The highest BCUT2D eigenvalue weighted by Crippen LogP contribution is 2.31. The van der Waals surface area contributed by atoms with Gasteiger partial charge < -0.3 is 20.1 Å². The first-order valence-electron chi connectivity index (χ1n) is 9.27. The molecule has 8 nitrogen and oxygen atoms in total. The standard InChI is InChI=1S/C20H26N4O4/c1-12(2)24-17(10-25)19(28-11-18(24)26)14-5-7-15(8-6-14)21-20(27)16-9-13(3)22-23(16)4/h5-9,12,17,19,25H,10-11H2,1-4H3,(H,21,27)/t17-,19-/m1/s1. The molecule has 2 heterocycles. The molecular formula is C20H26N4O4. The quantitative estimate of drug-likeness (QED) is 0.815. The molecule has 1 fully saturated rings. The van der Waals surface area contributed by atoms with E-state index in [0.29, 0.717) is 11.4 Å². The minimum Gasteiger partial charge on any atom is -0.394 e. The summed E-state index contributed by atoms with van der Waals surface area (Å²) in [4.78, 5) is 26.2. The fourth-order valence-corrected chi connectivity index (χ4v) is 3.62. The number of morpholine rings is 1. The maximum Gasteiger partial charge on any atom is 0.273 e. The Bertz CT molecular complexity index is 860. The van der Waals surface area contributed by atoms with Crippen molar-refractivity contribution in [2.45, 2.75) is 39.0 Å². The molecule has 2 N–H and O–H groups in total. The molecule has 2 amide bonds. The number of carbonyl (C=O) groups excluding carboxylic acids is 2. The maximum atomic E-state index is 12.4. The summed E-state index contributed by atoms with van der Waals surface area (Å²) >= 11 is 0. The van der Waals surface area contributed by atoms with Crippen molar-refractivity contribution in [1.82, 2.24) is 14.7 Å². The molecule has 150 valence electrons. The number of aromatic nitrogens is 2. The van der Waals surface area contributed by atoms with Gasteiger partial charge in [-0.15, -0.1) is 0 Å². The van der Waals surface area contributed by atoms with Crippen molar-refractivity contribution in [3.05, 3.63) is 47.3 Å². The van der Waals surface area contributed by atoms with Crippen LogP contribution in [0.4, 0.5) is 5.69 Å². The van der Waals surface area contributed by atoms with Crippen molar-refractivity contribution in [3.8, 4) is 0 Å². The number of benzene rings is 1. The van der Waals surface area contributed by atoms with Gasteiger partial charge in [0.1, 0.15) is 18.4 Å². The SMILES string of the molecule is Cc1cc(C(=O)Nc2ccc([C@H]3OCC(=O)N(C(C)C)[C@@H]3CO)cc2)n(C)n1. The third-order valence-corrected chi connectivity index (χ3v) is 4.86. The zero-order valence-electron chi connectivity index (χ0n) is 16.5. The van der Waals surface area contributed by atoms with Crippen LogP contribution in [-0.2, 0) is 16.6 Å². The first kappa shape index (κ1) is 20.0. The number of aliphatic hydroxyl groups excluding tert-OH is 1. The van der Waals surface area contributed by atoms with E-state index in [4.69, 9.17) is 4.74 Å². The van der Waals surface area contributed by atoms with Gasteiger partial charge in [-0.25, -0.2) is 0 Å². The lowest BCUT2D eigenvalue weighted by Crippen LogP contribution is -2.55. The van der Waals surface area contributed by atoms with E-state index in [9.17, 15) is 14.7 Å². The number of rotatable bonds is 5. The average Bonchev–Trinajstić information content (AvgIpc) is 3.00. The number of aliphatic hydroxyl groups is 1. The number of nitrogens with zero attached hydrogens (tertiary/aromatic N) is 3. The van der Waals surface area contributed by atoms with Gasteiger partial charge in [0.05, 0.1) is 18.3 Å². The summed E-state index contributed by atoms with van der Waals surface area (Å²) in [6, 6.07) is 8.49. The van der Waals surface area contributed by atoms with Gasteiger partial charge in [0, 0.05) is 18.8 Å². The van der Waals surface area contributed by atoms with Gasteiger partial charge in [0.2, 0.25) is 5.91 Å². The molecule has 0 spiro atoms. The zero-order valence-corrected chi connectivity index (χ0v) is 16.5. The first-order chi connectivity index (χ1) is 13.3. The van der Waals surface area contributed by atoms with E-state index in [1.807, 2.05) is 32.9 Å². The molecule has 0 bridgehead atoms. The Labute approximate surface area is 164 Å². The van der Waals surface area contributed by atoms with Crippen molar-refractivity contribution in [3.63, 3.8) is 0 Å². The van der Waals surface area contributed by atoms with Crippen LogP contribution in [0.15, 0.2) is 30.3 Å². The molecule has 1 saturated heterocycles. The number of amides is 2. The van der Waals surface area contributed by atoms with E-state index in [1.165, 1.54) is 4.68 Å². The normalized spacial score (nSPS) is 19.9. The van der Waals surface area contributed by atoms with Crippen LogP contribution in [0.3, 0.4) is 0 Å². The monoisotopic (exact) mass is 386 g/mol. The van der Waals surface area contributed by atoms with Crippen LogP contribution < -0.4 is 5.32 Å². The van der Waals surface area contributed by atoms with Crippen LogP contribution in [0.5, 0.6) is 0 Å². The van der Waals surface area contributed by atoms with Gasteiger partial charge in [0.25, 0.3) is 5.91 Å². The van der Waals surface area contributed by atoms with E-state index in [2.05, 4.69) is 10.4 Å². The van der Waals surface area contributed by atoms with Crippen LogP contribution in [0.25, 0.3) is 0 Å². The molecule has 0 radical (unpaired) electrons. The van der Waals surface area contributed by atoms with Gasteiger partial charge in [-0.1, -0.05) is 12.1 Å². The number of ether oxygens (including phenoxy) is 1. The minimum absolute atomic E-state index is 0.0162. The summed E-state index contributed by atoms with van der Waals surface area (Å²) in [5.74, 6) is -0.366. The Balaban J connectivity index is 1.75. The number of hydrogen-bond acceptors (Lipinski definition) is 5. The molecular weight excluding hydrogens is 360 g/mol. The number of hydrogen-bond donors (Lipinski definition) is 2. The van der Waals surface area contributed by atoms with Crippen LogP contribution in [0, 0.1) is 6.92 Å². The van der Waals surface area contributed by atoms with Crippen molar-refractivity contribution >= 4 is 17.5 Å². The highest BCUT2D eigenvalue weighted by Gasteiger charge is 2.38. The molecule has 8 heteroatoms.